The molecule has 3 rings (SSSR count). The van der Waals surface area contributed by atoms with E-state index in [1.54, 1.807) is 4.90 Å². The highest BCUT2D eigenvalue weighted by molar-refractivity contribution is 5.97. The minimum Gasteiger partial charge on any atom is -0.871 e. The van der Waals surface area contributed by atoms with Crippen LogP contribution in [0.25, 0.3) is 0 Å². The summed E-state index contributed by atoms with van der Waals surface area (Å²) in [7, 11) is 0. The van der Waals surface area contributed by atoms with Crippen molar-refractivity contribution in [1.82, 2.24) is 10.2 Å². The summed E-state index contributed by atoms with van der Waals surface area (Å²) in [4.78, 5) is 26.0. The summed E-state index contributed by atoms with van der Waals surface area (Å²) >= 11 is 0. The summed E-state index contributed by atoms with van der Waals surface area (Å²) in [6.45, 7) is 0.583. The van der Waals surface area contributed by atoms with Crippen LogP contribution in [0.4, 0.5) is 5.69 Å². The molecule has 2 heterocycles. The third kappa shape index (κ3) is 2.46. The monoisotopic (exact) mass is 306 g/mol. The number of anilines is 1. The van der Waals surface area contributed by atoms with E-state index in [4.69, 9.17) is 10.4 Å². The van der Waals surface area contributed by atoms with Crippen molar-refractivity contribution in [3.8, 4) is 5.75 Å². The lowest BCUT2D eigenvalue weighted by Gasteiger charge is -2.34. The zero-order valence-electron chi connectivity index (χ0n) is 11.7. The van der Waals surface area contributed by atoms with Crippen LogP contribution in [-0.2, 0) is 16.0 Å². The van der Waals surface area contributed by atoms with Gasteiger partial charge in [0.2, 0.25) is 11.8 Å². The molecule has 2 unspecified atom stereocenters. The second-order valence-corrected chi connectivity index (χ2v) is 5.55. The maximum Gasteiger partial charge on any atom is 0.246 e. The van der Waals surface area contributed by atoms with E-state index in [-0.39, 0.29) is 35.2 Å². The Morgan fingerprint density at radius 1 is 1.36 bits per heavy atom. The van der Waals surface area contributed by atoms with Crippen LogP contribution in [0.1, 0.15) is 18.4 Å². The second-order valence-electron chi connectivity index (χ2n) is 5.55. The minimum absolute atomic E-state index is 0.139. The molecule has 8 heteroatoms. The van der Waals surface area contributed by atoms with Gasteiger partial charge in [-0.2, -0.15) is 0 Å². The van der Waals surface area contributed by atoms with Gasteiger partial charge in [-0.05, 0) is 24.5 Å². The van der Waals surface area contributed by atoms with Gasteiger partial charge in [0.25, 0.3) is 0 Å². The smallest absolute Gasteiger partial charge is 0.246 e. The van der Waals surface area contributed by atoms with Crippen LogP contribution in [0, 0.1) is 0 Å². The lowest BCUT2D eigenvalue weighted by Crippen LogP contribution is -2.61. The predicted octanol–water partition coefficient (Wildman–Crippen LogP) is -0.623. The first-order valence-electron chi connectivity index (χ1n) is 7.06. The number of hydrogen-bond donors (Lipinski definition) is 3. The molecule has 22 heavy (non-hydrogen) atoms. The van der Waals surface area contributed by atoms with E-state index in [1.165, 1.54) is 18.2 Å². The maximum atomic E-state index is 12.4. The van der Waals surface area contributed by atoms with Crippen LogP contribution < -0.4 is 15.6 Å². The Morgan fingerprint density at radius 3 is 2.86 bits per heavy atom. The number of nitrogens with one attached hydrogen (secondary N) is 1. The molecule has 2 amide bonds. The van der Waals surface area contributed by atoms with Gasteiger partial charge in [-0.25, -0.2) is 0 Å². The average molecular weight is 306 g/mol. The molecule has 3 N–H and O–H groups in total. The number of nitrogens with zero attached hydrogens (tertiary/aromatic N) is 2. The number of piperazine rings is 1. The summed E-state index contributed by atoms with van der Waals surface area (Å²) in [5, 5.41) is 31.9. The van der Waals surface area contributed by atoms with E-state index in [2.05, 4.69) is 5.32 Å². The number of hydrogen-bond acceptors (Lipinski definition) is 6. The maximum absolute atomic E-state index is 12.4. The lowest BCUT2D eigenvalue weighted by atomic mass is 10.0. The molecule has 2 fully saturated rings. The molecule has 2 aliphatic heterocycles. The van der Waals surface area contributed by atoms with Crippen molar-refractivity contribution < 1.29 is 25.1 Å². The van der Waals surface area contributed by atoms with Crippen LogP contribution in [0.15, 0.2) is 18.2 Å². The van der Waals surface area contributed by atoms with Gasteiger partial charge in [0.1, 0.15) is 12.1 Å². The number of rotatable bonds is 3. The van der Waals surface area contributed by atoms with Crippen LogP contribution in [0.5, 0.6) is 5.75 Å². The Bertz CT molecular complexity index is 618. The SMILES string of the molecule is O=C1NC(Cc2ccc([O-])c(N(O)O)c2)C(=O)N2CCCC12. The van der Waals surface area contributed by atoms with Crippen molar-refractivity contribution in [1.29, 1.82) is 0 Å². The summed E-state index contributed by atoms with van der Waals surface area (Å²) < 4.78 is 0. The first kappa shape index (κ1) is 14.6. The zero-order chi connectivity index (χ0) is 15.9. The van der Waals surface area contributed by atoms with Crippen molar-refractivity contribution in [2.75, 3.05) is 11.8 Å². The van der Waals surface area contributed by atoms with E-state index in [0.717, 1.165) is 6.42 Å². The molecule has 1 aromatic rings. The average Bonchev–Trinajstić information content (AvgIpc) is 2.96. The highest BCUT2D eigenvalue weighted by atomic mass is 16.8. The number of fused-ring (bicyclic) bond motifs is 1. The fourth-order valence-corrected chi connectivity index (χ4v) is 3.05. The van der Waals surface area contributed by atoms with Crippen LogP contribution in [-0.4, -0.2) is 45.8 Å². The number of carbonyl (C=O) groups is 2. The van der Waals surface area contributed by atoms with Crippen molar-refractivity contribution >= 4 is 17.5 Å². The molecule has 0 saturated carbocycles. The van der Waals surface area contributed by atoms with Gasteiger partial charge < -0.3 is 15.3 Å². The third-order valence-corrected chi connectivity index (χ3v) is 4.13. The van der Waals surface area contributed by atoms with Gasteiger partial charge in [0.05, 0.1) is 5.69 Å². The third-order valence-electron chi connectivity index (χ3n) is 4.13. The lowest BCUT2D eigenvalue weighted by molar-refractivity contribution is -0.268. The molecule has 8 nitrogen and oxygen atoms in total. The Balaban J connectivity index is 1.79. The topological polar surface area (TPSA) is 116 Å². The summed E-state index contributed by atoms with van der Waals surface area (Å²) in [5.74, 6) is -0.847. The number of benzene rings is 1. The molecule has 2 saturated heterocycles. The Labute approximate surface area is 126 Å². The fourth-order valence-electron chi connectivity index (χ4n) is 3.05. The number of carbonyl (C=O) groups excluding carboxylic acids is 2. The summed E-state index contributed by atoms with van der Waals surface area (Å²) in [6.07, 6.45) is 1.69. The zero-order valence-corrected chi connectivity index (χ0v) is 11.7. The molecule has 2 aliphatic rings. The Hall–Kier alpha value is -2.32. The van der Waals surface area contributed by atoms with Crippen molar-refractivity contribution in [3.63, 3.8) is 0 Å². The van der Waals surface area contributed by atoms with Crippen LogP contribution in [0.3, 0.4) is 0 Å². The highest BCUT2D eigenvalue weighted by Gasteiger charge is 2.42. The van der Waals surface area contributed by atoms with Crippen molar-refractivity contribution in [2.45, 2.75) is 31.3 Å². The van der Waals surface area contributed by atoms with E-state index in [9.17, 15) is 14.7 Å². The molecule has 2 atom stereocenters. The normalized spacial score (nSPS) is 24.2. The molecular weight excluding hydrogens is 290 g/mol. The van der Waals surface area contributed by atoms with Crippen LogP contribution in [0.2, 0.25) is 0 Å². The Kier molecular flexibility index (Phi) is 3.63. The predicted molar refractivity (Wildman–Crippen MR) is 72.3 cm³/mol. The first-order chi connectivity index (χ1) is 10.5. The molecule has 0 radical (unpaired) electrons. The molecule has 0 aliphatic carbocycles. The van der Waals surface area contributed by atoms with Gasteiger partial charge in [0, 0.05) is 13.0 Å². The first-order valence-corrected chi connectivity index (χ1v) is 7.06. The summed E-state index contributed by atoms with van der Waals surface area (Å²) in [5.41, 5.74) is 0.255. The summed E-state index contributed by atoms with van der Waals surface area (Å²) in [6, 6.07) is 2.92. The molecule has 0 aromatic heterocycles. The fraction of sp³-hybridized carbons (Fsp3) is 0.429. The quantitative estimate of drug-likeness (QED) is 0.641. The van der Waals surface area contributed by atoms with Gasteiger partial charge in [-0.15, -0.1) is 5.23 Å². The molecule has 0 spiro atoms. The number of amides is 2. The van der Waals surface area contributed by atoms with Crippen molar-refractivity contribution in [3.05, 3.63) is 23.8 Å². The van der Waals surface area contributed by atoms with E-state index < -0.39 is 11.8 Å². The second kappa shape index (κ2) is 5.47. The van der Waals surface area contributed by atoms with Gasteiger partial charge in [0.15, 0.2) is 0 Å². The van der Waals surface area contributed by atoms with Crippen LogP contribution >= 0.6 is 0 Å². The van der Waals surface area contributed by atoms with Gasteiger partial charge in [-0.1, -0.05) is 17.9 Å². The molecular formula is C14H16N3O5-. The van der Waals surface area contributed by atoms with Crippen molar-refractivity contribution in [2.24, 2.45) is 0 Å². The van der Waals surface area contributed by atoms with E-state index in [0.29, 0.717) is 18.5 Å². The van der Waals surface area contributed by atoms with Gasteiger partial charge >= 0.3 is 0 Å². The highest BCUT2D eigenvalue weighted by Crippen LogP contribution is 2.26. The van der Waals surface area contributed by atoms with E-state index in [1.807, 2.05) is 0 Å². The Morgan fingerprint density at radius 2 is 2.14 bits per heavy atom. The van der Waals surface area contributed by atoms with Gasteiger partial charge in [-0.3, -0.25) is 20.0 Å². The molecule has 1 aromatic carbocycles. The molecule has 118 valence electrons. The largest absolute Gasteiger partial charge is 0.871 e. The van der Waals surface area contributed by atoms with E-state index >= 15 is 0 Å². The molecule has 0 bridgehead atoms. The minimum atomic E-state index is -0.696. The standard InChI is InChI=1S/C14H17N3O5/c18-12-4-3-8(7-11(12)17(21)22)6-9-14(20)16-5-1-2-10(16)13(19)15-9/h3-4,7,9-10,18,21-22H,1-2,5-6H2,(H,15,19)/p-1.